The fourth-order valence-corrected chi connectivity index (χ4v) is 2.89. The molecule has 2 aliphatic heterocycles. The lowest BCUT2D eigenvalue weighted by Crippen LogP contribution is -2.43. The van der Waals surface area contributed by atoms with Crippen LogP contribution in [0, 0.1) is 0 Å². The van der Waals surface area contributed by atoms with Crippen molar-refractivity contribution in [2.75, 3.05) is 45.8 Å². The zero-order chi connectivity index (χ0) is 11.9. The summed E-state index contributed by atoms with van der Waals surface area (Å²) in [4.78, 5) is 5.14. The lowest BCUT2D eigenvalue weighted by molar-refractivity contribution is 0.188. The monoisotopic (exact) mass is 237 g/mol. The minimum Gasteiger partial charge on any atom is -0.314 e. The van der Waals surface area contributed by atoms with Crippen molar-refractivity contribution in [3.05, 3.63) is 12.2 Å². The number of likely N-dealkylation sites (N-methyl/N-ethyl adjacent to an activating group) is 1. The van der Waals surface area contributed by atoms with Gasteiger partial charge in [0.15, 0.2) is 0 Å². The van der Waals surface area contributed by atoms with Crippen LogP contribution in [0.2, 0.25) is 0 Å². The Balaban J connectivity index is 1.74. The summed E-state index contributed by atoms with van der Waals surface area (Å²) in [5.41, 5.74) is 0. The molecule has 2 rings (SSSR count). The van der Waals surface area contributed by atoms with Crippen LogP contribution in [0.1, 0.15) is 26.2 Å². The Hall–Kier alpha value is -0.380. The highest BCUT2D eigenvalue weighted by molar-refractivity contribution is 4.97. The predicted octanol–water partition coefficient (Wildman–Crippen LogP) is 1.32. The number of hydrogen-bond acceptors (Lipinski definition) is 3. The van der Waals surface area contributed by atoms with Crippen molar-refractivity contribution in [3.63, 3.8) is 0 Å². The Morgan fingerprint density at radius 1 is 1.18 bits per heavy atom. The molecule has 3 nitrogen and oxygen atoms in total. The smallest absolute Gasteiger partial charge is 0.0278 e. The maximum Gasteiger partial charge on any atom is 0.0278 e. The number of piperidine rings is 1. The molecule has 2 saturated heterocycles. The van der Waals surface area contributed by atoms with E-state index in [0.29, 0.717) is 6.04 Å². The molecule has 1 unspecified atom stereocenters. The van der Waals surface area contributed by atoms with E-state index in [2.05, 4.69) is 34.2 Å². The van der Waals surface area contributed by atoms with Crippen LogP contribution in [0.4, 0.5) is 0 Å². The molecular formula is C14H27N3. The first-order chi connectivity index (χ1) is 8.40. The van der Waals surface area contributed by atoms with Gasteiger partial charge in [-0.2, -0.15) is 0 Å². The molecule has 2 heterocycles. The lowest BCUT2D eigenvalue weighted by atomic mass is 10.0. The molecular weight excluding hydrogens is 210 g/mol. The van der Waals surface area contributed by atoms with E-state index in [1.165, 1.54) is 45.4 Å². The molecule has 0 amide bonds. The molecule has 0 aliphatic carbocycles. The van der Waals surface area contributed by atoms with E-state index in [9.17, 15) is 0 Å². The van der Waals surface area contributed by atoms with Gasteiger partial charge in [0.2, 0.25) is 0 Å². The van der Waals surface area contributed by atoms with E-state index in [0.717, 1.165) is 19.6 Å². The minimum atomic E-state index is 0.705. The maximum atomic E-state index is 3.40. The second-order valence-corrected chi connectivity index (χ2v) is 5.17. The zero-order valence-electron chi connectivity index (χ0n) is 11.2. The van der Waals surface area contributed by atoms with Gasteiger partial charge in [0, 0.05) is 38.8 Å². The van der Waals surface area contributed by atoms with Gasteiger partial charge in [-0.3, -0.25) is 9.80 Å². The molecule has 0 aromatic rings. The number of hydrogen-bond donors (Lipinski definition) is 1. The first-order valence-electron chi connectivity index (χ1n) is 7.24. The predicted molar refractivity (Wildman–Crippen MR) is 73.3 cm³/mol. The molecule has 2 aliphatic rings. The summed E-state index contributed by atoms with van der Waals surface area (Å²) in [5, 5.41) is 3.40. The summed E-state index contributed by atoms with van der Waals surface area (Å²) in [6.07, 6.45) is 8.98. The van der Waals surface area contributed by atoms with Gasteiger partial charge in [0.1, 0.15) is 0 Å². The molecule has 2 fully saturated rings. The molecule has 0 radical (unpaired) electrons. The van der Waals surface area contributed by atoms with Crippen molar-refractivity contribution in [2.24, 2.45) is 0 Å². The summed E-state index contributed by atoms with van der Waals surface area (Å²) < 4.78 is 0. The van der Waals surface area contributed by atoms with E-state index in [1.807, 2.05) is 0 Å². The highest BCUT2D eigenvalue weighted by Crippen LogP contribution is 2.17. The molecule has 3 heteroatoms. The molecule has 0 aromatic heterocycles. The van der Waals surface area contributed by atoms with Crippen LogP contribution in [-0.4, -0.2) is 61.7 Å². The quantitative estimate of drug-likeness (QED) is 0.744. The molecule has 1 atom stereocenters. The van der Waals surface area contributed by atoms with E-state index in [1.54, 1.807) is 0 Å². The molecule has 0 aromatic carbocycles. The van der Waals surface area contributed by atoms with Crippen LogP contribution in [0.3, 0.4) is 0 Å². The number of nitrogens with one attached hydrogen (secondary N) is 1. The fraction of sp³-hybridized carbons (Fsp3) is 0.857. The normalized spacial score (nSPS) is 28.9. The van der Waals surface area contributed by atoms with Gasteiger partial charge in [0.25, 0.3) is 0 Å². The molecule has 0 bridgehead atoms. The minimum absolute atomic E-state index is 0.705. The Labute approximate surface area is 106 Å². The third-order valence-electron chi connectivity index (χ3n) is 4.00. The van der Waals surface area contributed by atoms with Crippen molar-refractivity contribution in [1.82, 2.24) is 15.1 Å². The average Bonchev–Trinajstić information content (AvgIpc) is 2.40. The van der Waals surface area contributed by atoms with E-state index in [-0.39, 0.29) is 0 Å². The van der Waals surface area contributed by atoms with Crippen molar-refractivity contribution in [3.8, 4) is 0 Å². The summed E-state index contributed by atoms with van der Waals surface area (Å²) in [5.74, 6) is 0. The van der Waals surface area contributed by atoms with E-state index >= 15 is 0 Å². The Kier molecular flexibility index (Phi) is 5.49. The van der Waals surface area contributed by atoms with Crippen LogP contribution < -0.4 is 5.32 Å². The number of nitrogens with zero attached hydrogens (tertiary/aromatic N) is 2. The molecule has 1 N–H and O–H groups in total. The second kappa shape index (κ2) is 7.14. The third kappa shape index (κ3) is 4.09. The van der Waals surface area contributed by atoms with Gasteiger partial charge in [-0.05, 0) is 25.9 Å². The van der Waals surface area contributed by atoms with Crippen molar-refractivity contribution in [2.45, 2.75) is 32.2 Å². The molecule has 0 saturated carbocycles. The van der Waals surface area contributed by atoms with Crippen LogP contribution in [0.25, 0.3) is 0 Å². The summed E-state index contributed by atoms with van der Waals surface area (Å²) in [6, 6.07) is 0.705. The standard InChI is InChI=1S/C14H27N3/c1-2-17-11-4-3-6-14(17)7-5-10-16-12-8-15-9-13-16/h5,7,14-15H,2-4,6,8-13H2,1H3/b7-5-. The number of rotatable bonds is 4. The van der Waals surface area contributed by atoms with Crippen molar-refractivity contribution >= 4 is 0 Å². The first kappa shape index (κ1) is 13.1. The summed E-state index contributed by atoms with van der Waals surface area (Å²) >= 11 is 0. The van der Waals surface area contributed by atoms with Crippen molar-refractivity contribution in [1.29, 1.82) is 0 Å². The largest absolute Gasteiger partial charge is 0.314 e. The fourth-order valence-electron chi connectivity index (χ4n) is 2.89. The molecule has 98 valence electrons. The Morgan fingerprint density at radius 3 is 2.76 bits per heavy atom. The highest BCUT2D eigenvalue weighted by Gasteiger charge is 2.17. The summed E-state index contributed by atoms with van der Waals surface area (Å²) in [7, 11) is 0. The van der Waals surface area contributed by atoms with Crippen LogP contribution >= 0.6 is 0 Å². The van der Waals surface area contributed by atoms with Crippen LogP contribution in [-0.2, 0) is 0 Å². The number of likely N-dealkylation sites (tertiary alicyclic amines) is 1. The van der Waals surface area contributed by atoms with Crippen LogP contribution in [0.5, 0.6) is 0 Å². The zero-order valence-corrected chi connectivity index (χ0v) is 11.2. The Bertz CT molecular complexity index is 234. The van der Waals surface area contributed by atoms with Gasteiger partial charge >= 0.3 is 0 Å². The van der Waals surface area contributed by atoms with Crippen LogP contribution in [0.15, 0.2) is 12.2 Å². The van der Waals surface area contributed by atoms with E-state index in [4.69, 9.17) is 0 Å². The second-order valence-electron chi connectivity index (χ2n) is 5.17. The van der Waals surface area contributed by atoms with Gasteiger partial charge in [-0.1, -0.05) is 25.5 Å². The highest BCUT2D eigenvalue weighted by atomic mass is 15.2. The van der Waals surface area contributed by atoms with Crippen molar-refractivity contribution < 1.29 is 0 Å². The lowest BCUT2D eigenvalue weighted by Gasteiger charge is -2.33. The van der Waals surface area contributed by atoms with E-state index < -0.39 is 0 Å². The average molecular weight is 237 g/mol. The van der Waals surface area contributed by atoms with Gasteiger partial charge < -0.3 is 5.32 Å². The van der Waals surface area contributed by atoms with Gasteiger partial charge in [-0.15, -0.1) is 0 Å². The first-order valence-corrected chi connectivity index (χ1v) is 7.24. The SMILES string of the molecule is CCN1CCCCC1/C=C\CN1CCNCC1. The maximum absolute atomic E-state index is 3.40. The Morgan fingerprint density at radius 2 is 2.00 bits per heavy atom. The molecule has 17 heavy (non-hydrogen) atoms. The van der Waals surface area contributed by atoms with Gasteiger partial charge in [-0.25, -0.2) is 0 Å². The topological polar surface area (TPSA) is 18.5 Å². The summed E-state index contributed by atoms with van der Waals surface area (Å²) in [6.45, 7) is 10.6. The number of piperazine rings is 1. The molecule has 0 spiro atoms. The van der Waals surface area contributed by atoms with Gasteiger partial charge in [0.05, 0.1) is 0 Å². The third-order valence-corrected chi connectivity index (χ3v) is 4.00.